The molecule has 8 nitrogen and oxygen atoms in total. The highest BCUT2D eigenvalue weighted by atomic mass is 16.4. The number of carbonyl (C=O) groups is 2. The molecule has 1 aliphatic heterocycles. The Balaban J connectivity index is 1.66. The van der Waals surface area contributed by atoms with Crippen LogP contribution >= 0.6 is 0 Å². The number of aromatic nitrogens is 2. The third-order valence-electron chi connectivity index (χ3n) is 5.80. The third-order valence-corrected chi connectivity index (χ3v) is 5.80. The Hall–Kier alpha value is -2.61. The summed E-state index contributed by atoms with van der Waals surface area (Å²) in [7, 11) is 0. The van der Waals surface area contributed by atoms with Crippen molar-refractivity contribution in [3.05, 3.63) is 34.7 Å². The zero-order chi connectivity index (χ0) is 21.1. The van der Waals surface area contributed by atoms with Gasteiger partial charge in [-0.2, -0.15) is 0 Å². The quantitative estimate of drug-likeness (QED) is 0.774. The van der Waals surface area contributed by atoms with Crippen LogP contribution in [0.1, 0.15) is 46.1 Å². The van der Waals surface area contributed by atoms with E-state index in [1.165, 1.54) is 4.57 Å². The van der Waals surface area contributed by atoms with Crippen molar-refractivity contribution in [3.8, 4) is 0 Å². The Bertz CT molecular complexity index is 938. The maximum atomic E-state index is 12.8. The molecule has 1 fully saturated rings. The Morgan fingerprint density at radius 2 is 1.79 bits per heavy atom. The molecule has 3 rings (SSSR count). The molecule has 0 radical (unpaired) electrons. The highest BCUT2D eigenvalue weighted by Crippen LogP contribution is 2.20. The standard InChI is InChI=1S/C21H30N4O4/c1-4-16(19(26)27)23-11-9-15(10-12-23)13-22-20(28)25-18-8-6-5-7-17(18)24(14(2)3)21(25)29/h5-8,14-16H,4,9-13H2,1-3H3,(H,22,28)(H,26,27). The van der Waals surface area contributed by atoms with Crippen LogP contribution in [0.2, 0.25) is 0 Å². The van der Waals surface area contributed by atoms with Crippen molar-refractivity contribution >= 4 is 23.0 Å². The first-order chi connectivity index (χ1) is 13.8. The van der Waals surface area contributed by atoms with Crippen molar-refractivity contribution in [2.45, 2.75) is 52.1 Å². The highest BCUT2D eigenvalue weighted by molar-refractivity contribution is 5.89. The van der Waals surface area contributed by atoms with Crippen LogP contribution in [-0.4, -0.2) is 56.8 Å². The Morgan fingerprint density at radius 1 is 1.17 bits per heavy atom. The first-order valence-corrected chi connectivity index (χ1v) is 10.3. The van der Waals surface area contributed by atoms with Gasteiger partial charge in [-0.15, -0.1) is 0 Å². The monoisotopic (exact) mass is 402 g/mol. The van der Waals surface area contributed by atoms with Gasteiger partial charge in [-0.3, -0.25) is 14.3 Å². The number of amides is 1. The van der Waals surface area contributed by atoms with E-state index < -0.39 is 18.0 Å². The number of hydrogen-bond acceptors (Lipinski definition) is 4. The summed E-state index contributed by atoms with van der Waals surface area (Å²) in [4.78, 5) is 39.0. The van der Waals surface area contributed by atoms with Crippen molar-refractivity contribution in [1.82, 2.24) is 19.4 Å². The molecule has 1 amide bonds. The van der Waals surface area contributed by atoms with Gasteiger partial charge in [0.25, 0.3) is 0 Å². The summed E-state index contributed by atoms with van der Waals surface area (Å²) < 4.78 is 2.84. The van der Waals surface area contributed by atoms with Crippen LogP contribution in [-0.2, 0) is 4.79 Å². The van der Waals surface area contributed by atoms with Gasteiger partial charge < -0.3 is 10.4 Å². The summed E-state index contributed by atoms with van der Waals surface area (Å²) in [6, 6.07) is 6.41. The minimum Gasteiger partial charge on any atom is -0.480 e. The zero-order valence-corrected chi connectivity index (χ0v) is 17.3. The first kappa shape index (κ1) is 21.1. The molecule has 1 atom stereocenters. The lowest BCUT2D eigenvalue weighted by Crippen LogP contribution is -2.47. The minimum atomic E-state index is -0.778. The molecule has 8 heteroatoms. The second-order valence-corrected chi connectivity index (χ2v) is 8.00. The topological polar surface area (TPSA) is 96.6 Å². The second-order valence-electron chi connectivity index (χ2n) is 8.00. The molecule has 1 aromatic heterocycles. The van der Waals surface area contributed by atoms with Gasteiger partial charge in [0.1, 0.15) is 6.04 Å². The Kier molecular flexibility index (Phi) is 6.42. The van der Waals surface area contributed by atoms with Gasteiger partial charge in [-0.25, -0.2) is 14.2 Å². The molecule has 1 unspecified atom stereocenters. The van der Waals surface area contributed by atoms with E-state index in [2.05, 4.69) is 5.32 Å². The molecule has 2 aromatic rings. The van der Waals surface area contributed by atoms with Crippen LogP contribution in [0.25, 0.3) is 11.0 Å². The van der Waals surface area contributed by atoms with Crippen LogP contribution < -0.4 is 11.0 Å². The maximum absolute atomic E-state index is 12.8. The minimum absolute atomic E-state index is 0.0495. The zero-order valence-electron chi connectivity index (χ0n) is 17.3. The fourth-order valence-corrected chi connectivity index (χ4v) is 4.23. The number of piperidine rings is 1. The van der Waals surface area contributed by atoms with Gasteiger partial charge in [0.05, 0.1) is 11.0 Å². The van der Waals surface area contributed by atoms with E-state index in [1.807, 2.05) is 43.9 Å². The maximum Gasteiger partial charge on any atom is 0.337 e. The molecule has 1 aliphatic rings. The molecule has 29 heavy (non-hydrogen) atoms. The number of fused-ring (bicyclic) bond motifs is 1. The lowest BCUT2D eigenvalue weighted by atomic mass is 9.95. The molecule has 0 spiro atoms. The van der Waals surface area contributed by atoms with Gasteiger partial charge in [0, 0.05) is 12.6 Å². The molecule has 158 valence electrons. The van der Waals surface area contributed by atoms with Gasteiger partial charge in [0.2, 0.25) is 0 Å². The molecule has 0 saturated carbocycles. The number of rotatable bonds is 6. The van der Waals surface area contributed by atoms with E-state index in [9.17, 15) is 19.5 Å². The summed E-state index contributed by atoms with van der Waals surface area (Å²) in [5, 5.41) is 12.2. The normalized spacial score (nSPS) is 17.0. The van der Waals surface area contributed by atoms with Gasteiger partial charge >= 0.3 is 17.7 Å². The molecule has 1 saturated heterocycles. The van der Waals surface area contributed by atoms with Crippen molar-refractivity contribution < 1.29 is 14.7 Å². The number of imidazole rings is 1. The van der Waals surface area contributed by atoms with E-state index in [0.717, 1.165) is 18.4 Å². The number of carboxylic acids is 1. The predicted molar refractivity (Wildman–Crippen MR) is 111 cm³/mol. The fourth-order valence-electron chi connectivity index (χ4n) is 4.23. The number of nitrogens with one attached hydrogen (secondary N) is 1. The summed E-state index contributed by atoms with van der Waals surface area (Å²) in [5.74, 6) is -0.504. The molecular weight excluding hydrogens is 372 g/mol. The van der Waals surface area contributed by atoms with Crippen molar-refractivity contribution in [1.29, 1.82) is 0 Å². The Labute approximate surface area is 170 Å². The molecule has 0 bridgehead atoms. The summed E-state index contributed by atoms with van der Waals surface area (Å²) in [5.41, 5.74) is 1.02. The van der Waals surface area contributed by atoms with Crippen LogP contribution in [0.4, 0.5) is 4.79 Å². The Morgan fingerprint density at radius 3 is 2.34 bits per heavy atom. The van der Waals surface area contributed by atoms with Crippen molar-refractivity contribution in [2.24, 2.45) is 5.92 Å². The number of likely N-dealkylation sites (tertiary alicyclic amines) is 1. The van der Waals surface area contributed by atoms with E-state index in [0.29, 0.717) is 31.6 Å². The largest absolute Gasteiger partial charge is 0.480 e. The lowest BCUT2D eigenvalue weighted by molar-refractivity contribution is -0.144. The highest BCUT2D eigenvalue weighted by Gasteiger charge is 2.28. The van der Waals surface area contributed by atoms with Crippen LogP contribution in [0.15, 0.2) is 29.1 Å². The fraction of sp³-hybridized carbons (Fsp3) is 0.571. The lowest BCUT2D eigenvalue weighted by Gasteiger charge is -2.35. The van der Waals surface area contributed by atoms with Gasteiger partial charge in [-0.1, -0.05) is 19.1 Å². The summed E-state index contributed by atoms with van der Waals surface area (Å²) >= 11 is 0. The smallest absolute Gasteiger partial charge is 0.337 e. The van der Waals surface area contributed by atoms with Crippen LogP contribution in [0.3, 0.4) is 0 Å². The van der Waals surface area contributed by atoms with E-state index >= 15 is 0 Å². The average molecular weight is 402 g/mol. The van der Waals surface area contributed by atoms with E-state index in [-0.39, 0.29) is 17.6 Å². The second kappa shape index (κ2) is 8.82. The number of carboxylic acid groups (broad SMARTS) is 1. The first-order valence-electron chi connectivity index (χ1n) is 10.3. The van der Waals surface area contributed by atoms with Crippen LogP contribution in [0.5, 0.6) is 0 Å². The van der Waals surface area contributed by atoms with Crippen molar-refractivity contribution in [2.75, 3.05) is 19.6 Å². The number of benzene rings is 1. The number of hydrogen-bond donors (Lipinski definition) is 2. The number of aliphatic carboxylic acids is 1. The predicted octanol–water partition coefficient (Wildman–Crippen LogP) is 2.52. The summed E-state index contributed by atoms with van der Waals surface area (Å²) in [6.07, 6.45) is 2.24. The van der Waals surface area contributed by atoms with E-state index in [1.54, 1.807) is 10.6 Å². The molecule has 1 aromatic carbocycles. The molecule has 2 heterocycles. The third kappa shape index (κ3) is 4.22. The SMILES string of the molecule is CCC(C(=O)O)N1CCC(CNC(=O)n2c(=O)n(C(C)C)c3ccccc32)CC1. The number of carbonyl (C=O) groups excluding carboxylic acids is 1. The number of nitrogens with zero attached hydrogens (tertiary/aromatic N) is 3. The summed E-state index contributed by atoms with van der Waals surface area (Å²) in [6.45, 7) is 7.62. The van der Waals surface area contributed by atoms with Gasteiger partial charge in [0.15, 0.2) is 0 Å². The molecule has 2 N–H and O–H groups in total. The van der Waals surface area contributed by atoms with E-state index in [4.69, 9.17) is 0 Å². The van der Waals surface area contributed by atoms with Gasteiger partial charge in [-0.05, 0) is 64.3 Å². The van der Waals surface area contributed by atoms with Crippen molar-refractivity contribution in [3.63, 3.8) is 0 Å². The average Bonchev–Trinajstić information content (AvgIpc) is 2.99. The molecule has 0 aliphatic carbocycles. The van der Waals surface area contributed by atoms with Crippen LogP contribution in [0, 0.1) is 5.92 Å². The number of para-hydroxylation sites is 2. The molecular formula is C21H30N4O4.